The molecule has 0 bridgehead atoms. The first-order valence-electron chi connectivity index (χ1n) is 21.0. The molecule has 0 spiro atoms. The van der Waals surface area contributed by atoms with Crippen LogP contribution in [0.2, 0.25) is 0 Å². The lowest BCUT2D eigenvalue weighted by Gasteiger charge is -2.34. The summed E-state index contributed by atoms with van der Waals surface area (Å²) >= 11 is 1.88. The molecule has 0 radical (unpaired) electrons. The zero-order valence-corrected chi connectivity index (χ0v) is 34.2. The van der Waals surface area contributed by atoms with Crippen molar-refractivity contribution in [2.45, 2.75) is 5.41 Å². The van der Waals surface area contributed by atoms with Gasteiger partial charge in [0.05, 0.1) is 11.1 Å². The van der Waals surface area contributed by atoms with Crippen LogP contribution in [0.5, 0.6) is 0 Å². The minimum Gasteiger partial charge on any atom is -0.310 e. The van der Waals surface area contributed by atoms with Crippen LogP contribution in [0.4, 0.5) is 17.1 Å². The summed E-state index contributed by atoms with van der Waals surface area (Å²) in [6.07, 6.45) is 0. The van der Waals surface area contributed by atoms with E-state index in [1.165, 1.54) is 86.6 Å². The average Bonchev–Trinajstić information content (AvgIpc) is 3.87. The Bertz CT molecular complexity index is 3400. The third kappa shape index (κ3) is 5.60. The maximum atomic E-state index is 2.50. The van der Waals surface area contributed by atoms with E-state index in [1.54, 1.807) is 0 Å². The van der Waals surface area contributed by atoms with Crippen LogP contribution in [0.1, 0.15) is 22.3 Å². The lowest BCUT2D eigenvalue weighted by molar-refractivity contribution is 0.768. The molecular formula is C59H39NS. The first-order chi connectivity index (χ1) is 30.3. The second kappa shape index (κ2) is 14.3. The summed E-state index contributed by atoms with van der Waals surface area (Å²) in [5.41, 5.74) is 15.3. The molecule has 0 fully saturated rings. The normalized spacial score (nSPS) is 12.7. The highest BCUT2D eigenvalue weighted by atomic mass is 32.1. The van der Waals surface area contributed by atoms with Gasteiger partial charge in [-0.3, -0.25) is 0 Å². The van der Waals surface area contributed by atoms with Crippen molar-refractivity contribution in [1.82, 2.24) is 0 Å². The zero-order chi connectivity index (χ0) is 40.3. The Morgan fingerprint density at radius 2 is 0.934 bits per heavy atom. The predicted octanol–water partition coefficient (Wildman–Crippen LogP) is 16.4. The van der Waals surface area contributed by atoms with Crippen molar-refractivity contribution in [3.05, 3.63) is 259 Å². The summed E-state index contributed by atoms with van der Waals surface area (Å²) in [5.74, 6) is 0. The first kappa shape index (κ1) is 35.4. The van der Waals surface area contributed by atoms with Crippen LogP contribution in [0.3, 0.4) is 0 Å². The van der Waals surface area contributed by atoms with Gasteiger partial charge in [-0.1, -0.05) is 194 Å². The van der Waals surface area contributed by atoms with Gasteiger partial charge in [-0.2, -0.15) is 0 Å². The van der Waals surface area contributed by atoms with Gasteiger partial charge in [0.15, 0.2) is 0 Å². The van der Waals surface area contributed by atoms with Gasteiger partial charge in [0, 0.05) is 37.1 Å². The number of rotatable bonds is 7. The van der Waals surface area contributed by atoms with Crippen molar-refractivity contribution >= 4 is 59.3 Å². The summed E-state index contributed by atoms with van der Waals surface area (Å²) in [4.78, 5) is 2.50. The van der Waals surface area contributed by atoms with Crippen LogP contribution in [0, 0.1) is 0 Å². The highest BCUT2D eigenvalue weighted by Gasteiger charge is 2.47. The van der Waals surface area contributed by atoms with E-state index < -0.39 is 5.41 Å². The smallest absolute Gasteiger partial charge is 0.0714 e. The zero-order valence-electron chi connectivity index (χ0n) is 33.4. The molecule has 0 aliphatic heterocycles. The lowest BCUT2D eigenvalue weighted by atomic mass is 9.68. The van der Waals surface area contributed by atoms with E-state index in [0.29, 0.717) is 0 Å². The summed E-state index contributed by atoms with van der Waals surface area (Å²) in [6.45, 7) is 0. The van der Waals surface area contributed by atoms with E-state index >= 15 is 0 Å². The number of fused-ring (bicyclic) bond motifs is 7. The second-order valence-electron chi connectivity index (χ2n) is 16.0. The summed E-state index contributed by atoms with van der Waals surface area (Å²) < 4.78 is 2.63. The van der Waals surface area contributed by atoms with Gasteiger partial charge in [-0.15, -0.1) is 11.3 Å². The number of thiophene rings is 1. The van der Waals surface area contributed by atoms with Gasteiger partial charge in [0.25, 0.3) is 0 Å². The molecule has 2 heteroatoms. The predicted molar refractivity (Wildman–Crippen MR) is 260 cm³/mol. The molecule has 0 saturated heterocycles. The fourth-order valence-electron chi connectivity index (χ4n) is 10.1. The van der Waals surface area contributed by atoms with Crippen LogP contribution in [-0.2, 0) is 5.41 Å². The van der Waals surface area contributed by atoms with Crippen LogP contribution in [0.25, 0.3) is 64.3 Å². The third-order valence-electron chi connectivity index (χ3n) is 12.7. The number of hydrogen-bond donors (Lipinski definition) is 0. The Labute approximate surface area is 360 Å². The summed E-state index contributed by atoms with van der Waals surface area (Å²) in [5, 5.41) is 5.10. The molecule has 286 valence electrons. The quantitative estimate of drug-likeness (QED) is 0.155. The highest BCUT2D eigenvalue weighted by molar-refractivity contribution is 7.26. The van der Waals surface area contributed by atoms with Crippen molar-refractivity contribution in [2.75, 3.05) is 4.90 Å². The molecule has 1 heterocycles. The average molecular weight is 794 g/mol. The number of hydrogen-bond acceptors (Lipinski definition) is 2. The van der Waals surface area contributed by atoms with E-state index in [0.717, 1.165) is 17.1 Å². The molecule has 1 aliphatic rings. The van der Waals surface area contributed by atoms with E-state index in [4.69, 9.17) is 0 Å². The molecule has 0 saturated carbocycles. The van der Waals surface area contributed by atoms with Crippen LogP contribution in [-0.4, -0.2) is 0 Å². The Morgan fingerprint density at radius 1 is 0.361 bits per heavy atom. The first-order valence-corrected chi connectivity index (χ1v) is 21.8. The van der Waals surface area contributed by atoms with Crippen molar-refractivity contribution in [2.24, 2.45) is 0 Å². The van der Waals surface area contributed by atoms with E-state index in [2.05, 4.69) is 241 Å². The Balaban J connectivity index is 1.12. The SMILES string of the molecule is c1ccc(C2(c3ccccc3)c3ccccc3-c3c(N(c4cccc(-c5ccc6ccccc6c5)c4)c4cccc(-c5cccc6c5sc5ccccc56)c4)cccc32)cc1. The maximum absolute atomic E-state index is 2.50. The van der Waals surface area contributed by atoms with Gasteiger partial charge in [-0.05, 0) is 103 Å². The molecule has 61 heavy (non-hydrogen) atoms. The van der Waals surface area contributed by atoms with Crippen LogP contribution in [0.15, 0.2) is 237 Å². The second-order valence-corrected chi connectivity index (χ2v) is 17.1. The van der Waals surface area contributed by atoms with Crippen molar-refractivity contribution in [1.29, 1.82) is 0 Å². The molecule has 12 rings (SSSR count). The molecule has 1 aromatic heterocycles. The molecule has 10 aromatic carbocycles. The molecule has 1 nitrogen and oxygen atoms in total. The number of benzene rings is 10. The van der Waals surface area contributed by atoms with Gasteiger partial charge >= 0.3 is 0 Å². The Morgan fingerprint density at radius 3 is 1.74 bits per heavy atom. The summed E-state index contributed by atoms with van der Waals surface area (Å²) in [7, 11) is 0. The van der Waals surface area contributed by atoms with Crippen LogP contribution < -0.4 is 4.90 Å². The van der Waals surface area contributed by atoms with Crippen molar-refractivity contribution in [3.8, 4) is 33.4 Å². The minimum atomic E-state index is -0.512. The molecule has 0 unspecified atom stereocenters. The van der Waals surface area contributed by atoms with Gasteiger partial charge in [0.1, 0.15) is 0 Å². The summed E-state index contributed by atoms with van der Waals surface area (Å²) in [6, 6.07) is 87.4. The van der Waals surface area contributed by atoms with Crippen molar-refractivity contribution in [3.63, 3.8) is 0 Å². The molecule has 0 atom stereocenters. The lowest BCUT2D eigenvalue weighted by Crippen LogP contribution is -2.28. The number of nitrogens with zero attached hydrogens (tertiary/aromatic N) is 1. The molecular weight excluding hydrogens is 755 g/mol. The fourth-order valence-corrected chi connectivity index (χ4v) is 11.3. The van der Waals surface area contributed by atoms with Gasteiger partial charge in [-0.25, -0.2) is 0 Å². The standard InChI is InChI=1S/C59H39NS/c1-3-21-45(22-4-1)59(46-23-5-2-6-24-46)53-31-11-9-28-52(53)57-54(59)32-16-33-55(57)60(47-25-13-19-42(38-47)43-36-35-40-17-7-8-18-41(40)37-43)48-26-14-20-44(39-48)49-29-15-30-51-50-27-10-12-34-56(50)61-58(49)51/h1-39H. The van der Waals surface area contributed by atoms with E-state index in [9.17, 15) is 0 Å². The molecule has 0 N–H and O–H groups in total. The molecule has 11 aromatic rings. The highest BCUT2D eigenvalue weighted by Crippen LogP contribution is 2.59. The largest absolute Gasteiger partial charge is 0.310 e. The molecule has 0 amide bonds. The van der Waals surface area contributed by atoms with Gasteiger partial charge < -0.3 is 4.90 Å². The Hall–Kier alpha value is -7.52. The Kier molecular flexibility index (Phi) is 8.33. The maximum Gasteiger partial charge on any atom is 0.0714 e. The third-order valence-corrected chi connectivity index (χ3v) is 13.9. The minimum absolute atomic E-state index is 0.512. The fraction of sp³-hybridized carbons (Fsp3) is 0.0169. The molecule has 1 aliphatic carbocycles. The van der Waals surface area contributed by atoms with E-state index in [-0.39, 0.29) is 0 Å². The topological polar surface area (TPSA) is 3.24 Å². The van der Waals surface area contributed by atoms with Gasteiger partial charge in [0.2, 0.25) is 0 Å². The van der Waals surface area contributed by atoms with Crippen molar-refractivity contribution < 1.29 is 0 Å². The van der Waals surface area contributed by atoms with E-state index in [1.807, 2.05) is 11.3 Å². The van der Waals surface area contributed by atoms with Crippen LogP contribution >= 0.6 is 11.3 Å². The monoisotopic (exact) mass is 793 g/mol. The number of anilines is 3.